The van der Waals surface area contributed by atoms with Gasteiger partial charge in [-0.3, -0.25) is 0 Å². The van der Waals surface area contributed by atoms with Crippen molar-refractivity contribution in [2.45, 2.75) is 26.3 Å². The molecule has 1 unspecified atom stereocenters. The Morgan fingerprint density at radius 3 is 2.35 bits per heavy atom. The highest BCUT2D eigenvalue weighted by Crippen LogP contribution is 2.23. The molecule has 1 atom stereocenters. The number of aromatic nitrogens is 1. The van der Waals surface area contributed by atoms with Crippen molar-refractivity contribution >= 4 is 0 Å². The summed E-state index contributed by atoms with van der Waals surface area (Å²) in [5.74, 6) is 2.13. The second-order valence-electron chi connectivity index (χ2n) is 4.64. The molecule has 2 N–H and O–H groups in total. The van der Waals surface area contributed by atoms with Crippen molar-refractivity contribution < 1.29 is 9.47 Å². The summed E-state index contributed by atoms with van der Waals surface area (Å²) in [6, 6.07) is 11.2. The van der Waals surface area contributed by atoms with Crippen molar-refractivity contribution in [2.24, 2.45) is 5.73 Å². The number of hydrogen-bond acceptors (Lipinski definition) is 4. The van der Waals surface area contributed by atoms with Crippen molar-refractivity contribution in [1.29, 1.82) is 0 Å². The lowest BCUT2D eigenvalue weighted by atomic mass is 10.2. The quantitative estimate of drug-likeness (QED) is 0.871. The number of hydrogen-bond donors (Lipinski definition) is 1. The van der Waals surface area contributed by atoms with Crippen LogP contribution in [0.2, 0.25) is 0 Å². The maximum atomic E-state index is 5.78. The Bertz CT molecular complexity index is 521. The van der Waals surface area contributed by atoms with E-state index in [1.165, 1.54) is 0 Å². The largest absolute Gasteiger partial charge is 0.494 e. The third kappa shape index (κ3) is 3.96. The molecule has 0 saturated heterocycles. The minimum Gasteiger partial charge on any atom is -0.494 e. The predicted octanol–water partition coefficient (Wildman–Crippen LogP) is 3.68. The first-order valence-electron chi connectivity index (χ1n) is 6.81. The topological polar surface area (TPSA) is 57.4 Å². The molecule has 0 amide bonds. The summed E-state index contributed by atoms with van der Waals surface area (Å²) in [5, 5.41) is 0. The Morgan fingerprint density at radius 1 is 1.10 bits per heavy atom. The van der Waals surface area contributed by atoms with Crippen LogP contribution >= 0.6 is 0 Å². The molecule has 0 aliphatic carbocycles. The van der Waals surface area contributed by atoms with Gasteiger partial charge in [-0.2, -0.15) is 0 Å². The fraction of sp³-hybridized carbons (Fsp3) is 0.312. The molecule has 0 saturated carbocycles. The standard InChI is InChI=1S/C16H20N2O2/c1-3-10-19-14-5-7-15(8-6-14)20-16-9-4-13(11-18-16)12(2)17/h4-9,11-12H,3,10,17H2,1-2H3. The summed E-state index contributed by atoms with van der Waals surface area (Å²) in [4.78, 5) is 4.23. The van der Waals surface area contributed by atoms with E-state index in [4.69, 9.17) is 15.2 Å². The minimum absolute atomic E-state index is 0.0217. The Hall–Kier alpha value is -2.07. The van der Waals surface area contributed by atoms with Crippen LogP contribution in [0.25, 0.3) is 0 Å². The third-order valence-electron chi connectivity index (χ3n) is 2.80. The van der Waals surface area contributed by atoms with Gasteiger partial charge in [-0.1, -0.05) is 13.0 Å². The Kier molecular flexibility index (Phi) is 4.96. The molecule has 4 nitrogen and oxygen atoms in total. The molecule has 0 aliphatic rings. The number of rotatable bonds is 6. The van der Waals surface area contributed by atoms with Crippen LogP contribution in [0.15, 0.2) is 42.6 Å². The lowest BCUT2D eigenvalue weighted by molar-refractivity contribution is 0.317. The molecule has 4 heteroatoms. The van der Waals surface area contributed by atoms with Crippen molar-refractivity contribution in [1.82, 2.24) is 4.98 Å². The number of nitrogens with two attached hydrogens (primary N) is 1. The first-order chi connectivity index (χ1) is 9.69. The molecule has 1 heterocycles. The SMILES string of the molecule is CCCOc1ccc(Oc2ccc(C(C)N)cn2)cc1. The summed E-state index contributed by atoms with van der Waals surface area (Å²) in [6.45, 7) is 4.72. The fourth-order valence-electron chi connectivity index (χ4n) is 1.67. The summed E-state index contributed by atoms with van der Waals surface area (Å²) >= 11 is 0. The summed E-state index contributed by atoms with van der Waals surface area (Å²) in [7, 11) is 0. The van der Waals surface area contributed by atoms with Crippen LogP contribution in [0, 0.1) is 0 Å². The van der Waals surface area contributed by atoms with E-state index in [2.05, 4.69) is 11.9 Å². The van der Waals surface area contributed by atoms with Gasteiger partial charge in [-0.05, 0) is 43.2 Å². The van der Waals surface area contributed by atoms with E-state index in [-0.39, 0.29) is 6.04 Å². The Labute approximate surface area is 119 Å². The van der Waals surface area contributed by atoms with E-state index >= 15 is 0 Å². The van der Waals surface area contributed by atoms with Crippen LogP contribution in [-0.4, -0.2) is 11.6 Å². The lowest BCUT2D eigenvalue weighted by Crippen LogP contribution is -2.05. The van der Waals surface area contributed by atoms with Gasteiger partial charge in [-0.15, -0.1) is 0 Å². The summed E-state index contributed by atoms with van der Waals surface area (Å²) in [6.07, 6.45) is 2.73. The molecule has 2 aromatic rings. The van der Waals surface area contributed by atoms with E-state index in [0.717, 1.165) is 30.1 Å². The minimum atomic E-state index is -0.0217. The zero-order chi connectivity index (χ0) is 14.4. The molecule has 20 heavy (non-hydrogen) atoms. The smallest absolute Gasteiger partial charge is 0.219 e. The number of nitrogens with zero attached hydrogens (tertiary/aromatic N) is 1. The molecule has 2 rings (SSSR count). The second kappa shape index (κ2) is 6.91. The van der Waals surface area contributed by atoms with E-state index in [1.807, 2.05) is 43.3 Å². The molecule has 106 valence electrons. The zero-order valence-corrected chi connectivity index (χ0v) is 11.9. The van der Waals surface area contributed by atoms with Crippen molar-refractivity contribution in [3.63, 3.8) is 0 Å². The predicted molar refractivity (Wildman–Crippen MR) is 79.1 cm³/mol. The van der Waals surface area contributed by atoms with E-state index < -0.39 is 0 Å². The van der Waals surface area contributed by atoms with Gasteiger partial charge < -0.3 is 15.2 Å². The van der Waals surface area contributed by atoms with Crippen molar-refractivity contribution in [3.05, 3.63) is 48.2 Å². The van der Waals surface area contributed by atoms with Crippen LogP contribution in [0.4, 0.5) is 0 Å². The van der Waals surface area contributed by atoms with E-state index in [9.17, 15) is 0 Å². The zero-order valence-electron chi connectivity index (χ0n) is 11.9. The third-order valence-corrected chi connectivity index (χ3v) is 2.80. The molecular weight excluding hydrogens is 252 g/mol. The number of ether oxygens (including phenoxy) is 2. The highest BCUT2D eigenvalue weighted by molar-refractivity contribution is 5.34. The molecular formula is C16H20N2O2. The monoisotopic (exact) mass is 272 g/mol. The molecule has 1 aromatic heterocycles. The Balaban J connectivity index is 1.98. The van der Waals surface area contributed by atoms with Gasteiger partial charge in [0, 0.05) is 18.3 Å². The molecule has 0 bridgehead atoms. The van der Waals surface area contributed by atoms with Gasteiger partial charge in [0.2, 0.25) is 5.88 Å². The van der Waals surface area contributed by atoms with Crippen LogP contribution in [0.1, 0.15) is 31.9 Å². The fourth-order valence-corrected chi connectivity index (χ4v) is 1.67. The summed E-state index contributed by atoms with van der Waals surface area (Å²) < 4.78 is 11.2. The van der Waals surface area contributed by atoms with Gasteiger partial charge >= 0.3 is 0 Å². The van der Waals surface area contributed by atoms with Gasteiger partial charge in [0.1, 0.15) is 11.5 Å². The average Bonchev–Trinajstić information content (AvgIpc) is 2.47. The summed E-state index contributed by atoms with van der Waals surface area (Å²) in [5.41, 5.74) is 6.76. The van der Waals surface area contributed by atoms with Crippen LogP contribution in [0.3, 0.4) is 0 Å². The highest BCUT2D eigenvalue weighted by Gasteiger charge is 2.02. The van der Waals surface area contributed by atoms with Gasteiger partial charge in [-0.25, -0.2) is 4.98 Å². The van der Waals surface area contributed by atoms with Crippen LogP contribution < -0.4 is 15.2 Å². The average molecular weight is 272 g/mol. The molecule has 0 aliphatic heterocycles. The van der Waals surface area contributed by atoms with Gasteiger partial charge in [0.15, 0.2) is 0 Å². The van der Waals surface area contributed by atoms with Crippen molar-refractivity contribution in [2.75, 3.05) is 6.61 Å². The molecule has 0 fully saturated rings. The maximum Gasteiger partial charge on any atom is 0.219 e. The van der Waals surface area contributed by atoms with Crippen LogP contribution in [0.5, 0.6) is 17.4 Å². The molecule has 0 spiro atoms. The second-order valence-corrected chi connectivity index (χ2v) is 4.64. The highest BCUT2D eigenvalue weighted by atomic mass is 16.5. The number of pyridine rings is 1. The van der Waals surface area contributed by atoms with Gasteiger partial charge in [0.25, 0.3) is 0 Å². The van der Waals surface area contributed by atoms with Crippen molar-refractivity contribution in [3.8, 4) is 17.4 Å². The first kappa shape index (κ1) is 14.3. The maximum absolute atomic E-state index is 5.78. The van der Waals surface area contributed by atoms with Crippen LogP contribution in [-0.2, 0) is 0 Å². The lowest BCUT2D eigenvalue weighted by Gasteiger charge is -2.08. The Morgan fingerprint density at radius 2 is 1.80 bits per heavy atom. The number of benzene rings is 1. The van der Waals surface area contributed by atoms with Gasteiger partial charge in [0.05, 0.1) is 6.61 Å². The normalized spacial score (nSPS) is 11.9. The molecule has 1 aromatic carbocycles. The first-order valence-corrected chi connectivity index (χ1v) is 6.81. The van der Waals surface area contributed by atoms with E-state index in [0.29, 0.717) is 5.88 Å². The van der Waals surface area contributed by atoms with E-state index in [1.54, 1.807) is 6.20 Å². The molecule has 0 radical (unpaired) electrons.